The molecule has 0 aliphatic heterocycles. The van der Waals surface area contributed by atoms with Crippen molar-refractivity contribution in [1.82, 2.24) is 0 Å². The van der Waals surface area contributed by atoms with Gasteiger partial charge in [-0.2, -0.15) is 0 Å². The monoisotopic (exact) mass is 332 g/mol. The summed E-state index contributed by atoms with van der Waals surface area (Å²) >= 11 is 13.0. The fourth-order valence-electron chi connectivity index (χ4n) is 1.60. The third-order valence-electron chi connectivity index (χ3n) is 2.46. The van der Waals surface area contributed by atoms with Crippen LogP contribution in [0, 0.1) is 0 Å². The zero-order valence-electron chi connectivity index (χ0n) is 10.4. The molecule has 0 unspecified atom stereocenters. The molecule has 0 spiro atoms. The standard InChI is InChI=1S/C13H10Cl2O4S/c1-18-10-5-7(14)4-9(13(16)17)12(10)19-6-8-2-3-11(15)20-8/h2-5H,6H2,1H3,(H,16,17). The highest BCUT2D eigenvalue weighted by Crippen LogP contribution is 2.35. The van der Waals surface area contributed by atoms with E-state index in [0.29, 0.717) is 4.34 Å². The lowest BCUT2D eigenvalue weighted by Gasteiger charge is -2.13. The molecule has 4 nitrogen and oxygen atoms in total. The van der Waals surface area contributed by atoms with Crippen molar-refractivity contribution in [3.05, 3.63) is 44.1 Å². The van der Waals surface area contributed by atoms with E-state index in [4.69, 9.17) is 32.7 Å². The molecule has 0 atom stereocenters. The zero-order chi connectivity index (χ0) is 14.7. The fraction of sp³-hybridized carbons (Fsp3) is 0.154. The number of methoxy groups -OCH3 is 1. The first-order chi connectivity index (χ1) is 9.51. The lowest BCUT2D eigenvalue weighted by atomic mass is 10.2. The number of carboxylic acids is 1. The number of rotatable bonds is 5. The van der Waals surface area contributed by atoms with Crippen LogP contribution in [0.1, 0.15) is 15.2 Å². The molecule has 0 saturated carbocycles. The minimum atomic E-state index is -1.13. The largest absolute Gasteiger partial charge is 0.493 e. The van der Waals surface area contributed by atoms with Gasteiger partial charge >= 0.3 is 5.97 Å². The number of thiophene rings is 1. The second-order valence-corrected chi connectivity index (χ2v) is 6.02. The molecule has 1 aromatic heterocycles. The first kappa shape index (κ1) is 15.0. The maximum absolute atomic E-state index is 11.2. The van der Waals surface area contributed by atoms with Crippen LogP contribution in [0.15, 0.2) is 24.3 Å². The molecule has 0 bridgehead atoms. The van der Waals surface area contributed by atoms with Gasteiger partial charge in [0.2, 0.25) is 0 Å². The maximum Gasteiger partial charge on any atom is 0.339 e. The van der Waals surface area contributed by atoms with Crippen LogP contribution in [0.25, 0.3) is 0 Å². The van der Waals surface area contributed by atoms with Crippen molar-refractivity contribution in [1.29, 1.82) is 0 Å². The Bertz CT molecular complexity index is 639. The van der Waals surface area contributed by atoms with Crippen molar-refractivity contribution in [2.45, 2.75) is 6.61 Å². The van der Waals surface area contributed by atoms with Crippen molar-refractivity contribution >= 4 is 40.5 Å². The molecule has 0 aliphatic carbocycles. The summed E-state index contributed by atoms with van der Waals surface area (Å²) in [6.07, 6.45) is 0. The number of carboxylic acid groups (broad SMARTS) is 1. The topological polar surface area (TPSA) is 55.8 Å². The average molecular weight is 333 g/mol. The van der Waals surface area contributed by atoms with Crippen LogP contribution in [0.5, 0.6) is 11.5 Å². The molecule has 1 N–H and O–H groups in total. The van der Waals surface area contributed by atoms with E-state index < -0.39 is 5.97 Å². The van der Waals surface area contributed by atoms with E-state index in [1.54, 1.807) is 6.07 Å². The van der Waals surface area contributed by atoms with Crippen LogP contribution in [0.3, 0.4) is 0 Å². The summed E-state index contributed by atoms with van der Waals surface area (Å²) < 4.78 is 11.3. The molecule has 0 radical (unpaired) electrons. The van der Waals surface area contributed by atoms with Gasteiger partial charge in [0, 0.05) is 16.0 Å². The number of halogens is 2. The summed E-state index contributed by atoms with van der Waals surface area (Å²) in [5.74, 6) is -0.712. The van der Waals surface area contributed by atoms with Crippen molar-refractivity contribution in [2.24, 2.45) is 0 Å². The van der Waals surface area contributed by atoms with E-state index in [-0.39, 0.29) is 28.7 Å². The Morgan fingerprint density at radius 1 is 1.35 bits per heavy atom. The lowest BCUT2D eigenvalue weighted by molar-refractivity contribution is 0.0691. The third kappa shape index (κ3) is 3.36. The minimum Gasteiger partial charge on any atom is -0.493 e. The predicted octanol–water partition coefficient (Wildman–Crippen LogP) is 4.34. The predicted molar refractivity (Wildman–Crippen MR) is 78.6 cm³/mol. The quantitative estimate of drug-likeness (QED) is 0.884. The molecule has 2 rings (SSSR count). The molecular weight excluding hydrogens is 323 g/mol. The summed E-state index contributed by atoms with van der Waals surface area (Å²) in [7, 11) is 1.42. The summed E-state index contributed by atoms with van der Waals surface area (Å²) in [5, 5.41) is 9.47. The second kappa shape index (κ2) is 6.35. The van der Waals surface area contributed by atoms with Crippen LogP contribution in [0.2, 0.25) is 9.36 Å². The molecular formula is C13H10Cl2O4S. The first-order valence-corrected chi connectivity index (χ1v) is 7.06. The van der Waals surface area contributed by atoms with Crippen molar-refractivity contribution in [3.8, 4) is 11.5 Å². The van der Waals surface area contributed by atoms with Crippen LogP contribution in [-0.4, -0.2) is 18.2 Å². The van der Waals surface area contributed by atoms with Gasteiger partial charge in [-0.1, -0.05) is 23.2 Å². The molecule has 0 aliphatic rings. The van der Waals surface area contributed by atoms with Crippen LogP contribution in [0.4, 0.5) is 0 Å². The molecule has 2 aromatic rings. The number of benzene rings is 1. The van der Waals surface area contributed by atoms with Gasteiger partial charge in [0.05, 0.1) is 11.4 Å². The molecule has 0 fully saturated rings. The SMILES string of the molecule is COc1cc(Cl)cc(C(=O)O)c1OCc1ccc(Cl)s1. The smallest absolute Gasteiger partial charge is 0.339 e. The summed E-state index contributed by atoms with van der Waals surface area (Å²) in [6.45, 7) is 0.204. The van der Waals surface area contributed by atoms with Gasteiger partial charge in [0.15, 0.2) is 11.5 Å². The van der Waals surface area contributed by atoms with E-state index in [1.165, 1.54) is 30.6 Å². The van der Waals surface area contributed by atoms with E-state index in [1.807, 2.05) is 6.07 Å². The number of hydrogen-bond acceptors (Lipinski definition) is 4. The van der Waals surface area contributed by atoms with E-state index in [2.05, 4.69) is 0 Å². The first-order valence-electron chi connectivity index (χ1n) is 5.49. The Labute approximate surface area is 129 Å². The van der Waals surface area contributed by atoms with Gasteiger partial charge in [-0.15, -0.1) is 11.3 Å². The van der Waals surface area contributed by atoms with E-state index in [0.717, 1.165) is 4.88 Å². The number of aromatic carboxylic acids is 1. The fourth-order valence-corrected chi connectivity index (χ4v) is 2.81. The Morgan fingerprint density at radius 3 is 2.65 bits per heavy atom. The zero-order valence-corrected chi connectivity index (χ0v) is 12.7. The highest BCUT2D eigenvalue weighted by atomic mass is 35.5. The summed E-state index contributed by atoms with van der Waals surface area (Å²) in [5.41, 5.74) is -0.0444. The summed E-state index contributed by atoms with van der Waals surface area (Å²) in [6, 6.07) is 6.39. The van der Waals surface area contributed by atoms with Crippen molar-refractivity contribution < 1.29 is 19.4 Å². The van der Waals surface area contributed by atoms with Gasteiger partial charge in [-0.05, 0) is 18.2 Å². The highest BCUT2D eigenvalue weighted by Gasteiger charge is 2.18. The van der Waals surface area contributed by atoms with Gasteiger partial charge in [0.1, 0.15) is 12.2 Å². The summed E-state index contributed by atoms with van der Waals surface area (Å²) in [4.78, 5) is 12.1. The molecule has 106 valence electrons. The Kier molecular flexibility index (Phi) is 4.75. The number of ether oxygens (including phenoxy) is 2. The Morgan fingerprint density at radius 2 is 2.10 bits per heavy atom. The molecule has 20 heavy (non-hydrogen) atoms. The average Bonchev–Trinajstić information content (AvgIpc) is 2.81. The van der Waals surface area contributed by atoms with Gasteiger partial charge < -0.3 is 14.6 Å². The van der Waals surface area contributed by atoms with Crippen LogP contribution in [-0.2, 0) is 6.61 Å². The van der Waals surface area contributed by atoms with Crippen molar-refractivity contribution in [3.63, 3.8) is 0 Å². The molecule has 7 heteroatoms. The molecule has 1 aromatic carbocycles. The molecule has 0 saturated heterocycles. The molecule has 1 heterocycles. The maximum atomic E-state index is 11.2. The number of hydrogen-bond donors (Lipinski definition) is 1. The van der Waals surface area contributed by atoms with Crippen molar-refractivity contribution in [2.75, 3.05) is 7.11 Å². The van der Waals surface area contributed by atoms with Crippen LogP contribution < -0.4 is 9.47 Å². The normalized spacial score (nSPS) is 10.3. The highest BCUT2D eigenvalue weighted by molar-refractivity contribution is 7.16. The van der Waals surface area contributed by atoms with Gasteiger partial charge in [-0.3, -0.25) is 0 Å². The van der Waals surface area contributed by atoms with E-state index in [9.17, 15) is 9.90 Å². The van der Waals surface area contributed by atoms with Crippen LogP contribution >= 0.6 is 34.5 Å². The van der Waals surface area contributed by atoms with Gasteiger partial charge in [0.25, 0.3) is 0 Å². The van der Waals surface area contributed by atoms with E-state index >= 15 is 0 Å². The Hall–Kier alpha value is -1.43. The Balaban J connectivity index is 2.31. The third-order valence-corrected chi connectivity index (χ3v) is 3.88. The lowest BCUT2D eigenvalue weighted by Crippen LogP contribution is -2.05. The number of carbonyl (C=O) groups is 1. The second-order valence-electron chi connectivity index (χ2n) is 3.78. The molecule has 0 amide bonds. The van der Waals surface area contributed by atoms with Gasteiger partial charge in [-0.25, -0.2) is 4.79 Å². The minimum absolute atomic E-state index is 0.0444.